The Morgan fingerprint density at radius 2 is 1.90 bits per heavy atom. The number of carbonyl (C=O) groups is 1. The molecule has 2 aromatic heterocycles. The minimum atomic E-state index is 0. The summed E-state index contributed by atoms with van der Waals surface area (Å²) in [5.74, 6) is 0.0845. The highest BCUT2D eigenvalue weighted by Crippen LogP contribution is 2.20. The van der Waals surface area contributed by atoms with E-state index in [2.05, 4.69) is 4.98 Å². The van der Waals surface area contributed by atoms with E-state index in [-0.39, 0.29) is 22.8 Å². The lowest BCUT2D eigenvalue weighted by Gasteiger charge is -1.99. The third kappa shape index (κ3) is 3.83. The summed E-state index contributed by atoms with van der Waals surface area (Å²) < 4.78 is 1.80. The van der Waals surface area contributed by atoms with Gasteiger partial charge in [0.2, 0.25) is 5.78 Å². The molecular formula is C16H13BrN2OS. The van der Waals surface area contributed by atoms with E-state index in [4.69, 9.17) is 0 Å². The minimum Gasteiger partial charge on any atom is -1.00 e. The van der Waals surface area contributed by atoms with Crippen LogP contribution in [0.5, 0.6) is 0 Å². The maximum Gasteiger partial charge on any atom is 0.287 e. The van der Waals surface area contributed by atoms with Crippen LogP contribution in [0.25, 0.3) is 10.6 Å². The molecule has 0 atom stereocenters. The molecule has 21 heavy (non-hydrogen) atoms. The summed E-state index contributed by atoms with van der Waals surface area (Å²) in [5, 5.41) is 2.02. The number of hydrogen-bond acceptors (Lipinski definition) is 3. The first-order chi connectivity index (χ1) is 9.83. The molecule has 3 nitrogen and oxygen atoms in total. The van der Waals surface area contributed by atoms with Crippen LogP contribution in [0.4, 0.5) is 0 Å². The van der Waals surface area contributed by atoms with Crippen LogP contribution in [0.1, 0.15) is 10.4 Å². The van der Waals surface area contributed by atoms with E-state index < -0.39 is 0 Å². The quantitative estimate of drug-likeness (QED) is 0.484. The maximum atomic E-state index is 12.1. The zero-order valence-electron chi connectivity index (χ0n) is 11.1. The van der Waals surface area contributed by atoms with Gasteiger partial charge in [-0.1, -0.05) is 36.4 Å². The Balaban J connectivity index is 0.00000161. The van der Waals surface area contributed by atoms with Gasteiger partial charge in [0.1, 0.15) is 0 Å². The molecule has 0 amide bonds. The molecule has 0 radical (unpaired) electrons. The van der Waals surface area contributed by atoms with Crippen molar-refractivity contribution < 1.29 is 26.3 Å². The molecule has 5 heteroatoms. The fourth-order valence-electron chi connectivity index (χ4n) is 1.93. The topological polar surface area (TPSA) is 33.8 Å². The summed E-state index contributed by atoms with van der Waals surface area (Å²) in [6, 6.07) is 15.3. The molecule has 0 aliphatic heterocycles. The number of rotatable bonds is 4. The molecule has 3 aromatic rings. The van der Waals surface area contributed by atoms with E-state index in [0.29, 0.717) is 6.54 Å². The van der Waals surface area contributed by atoms with Gasteiger partial charge in [0.25, 0.3) is 6.33 Å². The summed E-state index contributed by atoms with van der Waals surface area (Å²) >= 11 is 1.65. The van der Waals surface area contributed by atoms with Crippen LogP contribution in [0.2, 0.25) is 0 Å². The van der Waals surface area contributed by atoms with Crippen LogP contribution < -0.4 is 21.5 Å². The number of benzene rings is 1. The number of carbonyl (C=O) groups excluding carboxylic acids is 1. The van der Waals surface area contributed by atoms with E-state index in [1.54, 1.807) is 22.2 Å². The van der Waals surface area contributed by atoms with Crippen molar-refractivity contribution in [3.8, 4) is 10.6 Å². The lowest BCUT2D eigenvalue weighted by atomic mass is 10.1. The van der Waals surface area contributed by atoms with Crippen molar-refractivity contribution in [2.45, 2.75) is 6.54 Å². The Hall–Kier alpha value is -1.85. The second kappa shape index (κ2) is 7.24. The molecule has 2 heterocycles. The maximum absolute atomic E-state index is 12.1. The van der Waals surface area contributed by atoms with Crippen molar-refractivity contribution in [3.05, 3.63) is 72.0 Å². The molecule has 1 aromatic carbocycles. The second-order valence-corrected chi connectivity index (χ2v) is 5.33. The molecule has 0 aliphatic rings. The molecule has 0 unspecified atom stereocenters. The Morgan fingerprint density at radius 1 is 1.10 bits per heavy atom. The van der Waals surface area contributed by atoms with Crippen molar-refractivity contribution in [1.29, 1.82) is 0 Å². The predicted molar refractivity (Wildman–Crippen MR) is 78.5 cm³/mol. The minimum absolute atomic E-state index is 0. The Labute approximate surface area is 137 Å². The molecule has 0 N–H and O–H groups in total. The number of aromatic nitrogens is 2. The molecule has 0 saturated heterocycles. The predicted octanol–water partition coefficient (Wildman–Crippen LogP) is -0.0155. The largest absolute Gasteiger partial charge is 1.00 e. The number of hydrogen-bond donors (Lipinski definition) is 0. The van der Waals surface area contributed by atoms with E-state index in [1.165, 1.54) is 0 Å². The van der Waals surface area contributed by atoms with Crippen LogP contribution in [0.3, 0.4) is 0 Å². The van der Waals surface area contributed by atoms with Gasteiger partial charge in [0.15, 0.2) is 12.2 Å². The highest BCUT2D eigenvalue weighted by Gasteiger charge is 2.11. The summed E-state index contributed by atoms with van der Waals surface area (Å²) in [5.41, 5.74) is 1.66. The fourth-order valence-corrected chi connectivity index (χ4v) is 2.63. The molecule has 0 fully saturated rings. The second-order valence-electron chi connectivity index (χ2n) is 4.38. The van der Waals surface area contributed by atoms with Crippen molar-refractivity contribution in [1.82, 2.24) is 4.98 Å². The van der Waals surface area contributed by atoms with Crippen LogP contribution in [0.15, 0.2) is 66.4 Å². The molecule has 0 bridgehead atoms. The summed E-state index contributed by atoms with van der Waals surface area (Å²) in [4.78, 5) is 17.6. The van der Waals surface area contributed by atoms with Crippen molar-refractivity contribution in [2.75, 3.05) is 0 Å². The van der Waals surface area contributed by atoms with Crippen LogP contribution in [-0.2, 0) is 6.54 Å². The van der Waals surface area contributed by atoms with Gasteiger partial charge in [0.05, 0.1) is 11.1 Å². The lowest BCUT2D eigenvalue weighted by Crippen LogP contribution is -3.00. The first-order valence-corrected chi connectivity index (χ1v) is 7.18. The Morgan fingerprint density at radius 3 is 2.52 bits per heavy atom. The van der Waals surface area contributed by atoms with Gasteiger partial charge in [-0.2, -0.15) is 0 Å². The van der Waals surface area contributed by atoms with Crippen molar-refractivity contribution in [2.24, 2.45) is 0 Å². The fraction of sp³-hybridized carbons (Fsp3) is 0.0625. The van der Waals surface area contributed by atoms with E-state index >= 15 is 0 Å². The van der Waals surface area contributed by atoms with Crippen LogP contribution >= 0.6 is 11.3 Å². The van der Waals surface area contributed by atoms with Crippen LogP contribution in [0, 0.1) is 0 Å². The van der Waals surface area contributed by atoms with Gasteiger partial charge in [-0.3, -0.25) is 4.79 Å². The first kappa shape index (κ1) is 15.5. The average Bonchev–Trinajstić information content (AvgIpc) is 3.03. The summed E-state index contributed by atoms with van der Waals surface area (Å²) in [6.45, 7) is 0.307. The normalized spacial score (nSPS) is 9.90. The number of halogens is 1. The van der Waals surface area contributed by atoms with Crippen molar-refractivity contribution >= 4 is 17.1 Å². The van der Waals surface area contributed by atoms with Crippen molar-refractivity contribution in [3.63, 3.8) is 0 Å². The molecule has 0 aliphatic carbocycles. The Kier molecular flexibility index (Phi) is 5.36. The zero-order valence-corrected chi connectivity index (χ0v) is 13.5. The highest BCUT2D eigenvalue weighted by molar-refractivity contribution is 7.13. The van der Waals surface area contributed by atoms with Gasteiger partial charge in [0, 0.05) is 11.6 Å². The zero-order chi connectivity index (χ0) is 13.8. The van der Waals surface area contributed by atoms with Gasteiger partial charge >= 0.3 is 0 Å². The summed E-state index contributed by atoms with van der Waals surface area (Å²) in [6.07, 6.45) is 3.60. The highest BCUT2D eigenvalue weighted by atomic mass is 79.9. The van der Waals surface area contributed by atoms with Gasteiger partial charge in [-0.15, -0.1) is 11.3 Å². The Bertz CT molecular complexity index is 697. The van der Waals surface area contributed by atoms with Crippen LogP contribution in [-0.4, -0.2) is 10.8 Å². The molecule has 0 saturated carbocycles. The smallest absolute Gasteiger partial charge is 0.287 e. The number of ketones is 1. The van der Waals surface area contributed by atoms with E-state index in [1.807, 2.05) is 60.1 Å². The van der Waals surface area contributed by atoms with E-state index in [9.17, 15) is 4.79 Å². The van der Waals surface area contributed by atoms with Gasteiger partial charge in [-0.05, 0) is 16.4 Å². The average molecular weight is 361 g/mol. The first-order valence-electron chi connectivity index (χ1n) is 6.30. The number of nitrogens with zero attached hydrogens (tertiary/aromatic N) is 2. The number of thiophene rings is 1. The SMILES string of the molecule is O=C(C[n+]1ccc(-c2cccs2)nc1)c1ccccc1.[Br-]. The van der Waals surface area contributed by atoms with Gasteiger partial charge in [-0.25, -0.2) is 4.57 Å². The van der Waals surface area contributed by atoms with Gasteiger partial charge < -0.3 is 17.0 Å². The van der Waals surface area contributed by atoms with E-state index in [0.717, 1.165) is 16.1 Å². The molecule has 0 spiro atoms. The molecule has 3 rings (SSSR count). The third-order valence-electron chi connectivity index (χ3n) is 2.96. The standard InChI is InChI=1S/C16H13N2OS.BrH/c19-15(13-5-2-1-3-6-13)11-18-9-8-14(17-12-18)16-7-4-10-20-16;/h1-10,12H,11H2;1H/q+1;/p-1. The number of Topliss-reactive ketones (excluding diaryl/α,β-unsaturated/α-hetero) is 1. The summed E-state index contributed by atoms with van der Waals surface area (Å²) in [7, 11) is 0. The monoisotopic (exact) mass is 360 g/mol. The molecule has 106 valence electrons. The lowest BCUT2D eigenvalue weighted by molar-refractivity contribution is -0.686. The molecular weight excluding hydrogens is 348 g/mol. The third-order valence-corrected chi connectivity index (χ3v) is 3.86.